The van der Waals surface area contributed by atoms with Crippen LogP contribution < -0.4 is 0 Å². The summed E-state index contributed by atoms with van der Waals surface area (Å²) in [5.74, 6) is 0.592. The summed E-state index contributed by atoms with van der Waals surface area (Å²) in [6.07, 6.45) is 5.28. The lowest BCUT2D eigenvalue weighted by atomic mass is 10.6. The van der Waals surface area contributed by atoms with E-state index in [-0.39, 0.29) is 6.61 Å². The van der Waals surface area contributed by atoms with Crippen molar-refractivity contribution in [1.82, 2.24) is 24.7 Å². The van der Waals surface area contributed by atoms with Crippen molar-refractivity contribution in [3.8, 4) is 0 Å². The molecule has 0 saturated heterocycles. The molecule has 2 heterocycles. The summed E-state index contributed by atoms with van der Waals surface area (Å²) < 4.78 is 1.96. The maximum atomic E-state index is 9.23. The Bertz CT molecular complexity index is 554. The molecule has 0 aliphatic heterocycles. The number of aliphatic hydroxyl groups is 1. The summed E-state index contributed by atoms with van der Waals surface area (Å²) in [6, 6.07) is 0.400. The molecule has 1 saturated carbocycles. The fourth-order valence-electron chi connectivity index (χ4n) is 1.62. The molecule has 94 valence electrons. The van der Waals surface area contributed by atoms with Gasteiger partial charge >= 0.3 is 0 Å². The van der Waals surface area contributed by atoms with Crippen molar-refractivity contribution in [2.24, 2.45) is 0 Å². The van der Waals surface area contributed by atoms with Crippen LogP contribution in [0, 0.1) is 0 Å². The van der Waals surface area contributed by atoms with E-state index >= 15 is 0 Å². The molecule has 18 heavy (non-hydrogen) atoms. The van der Waals surface area contributed by atoms with Gasteiger partial charge in [0, 0.05) is 6.04 Å². The highest BCUT2D eigenvalue weighted by atomic mass is 35.5. The van der Waals surface area contributed by atoms with Crippen LogP contribution in [0.4, 0.5) is 0 Å². The first-order valence-electron chi connectivity index (χ1n) is 5.48. The third kappa shape index (κ3) is 2.33. The summed E-state index contributed by atoms with van der Waals surface area (Å²) in [4.78, 5) is 8.21. The van der Waals surface area contributed by atoms with E-state index in [0.29, 0.717) is 27.2 Å². The minimum absolute atomic E-state index is 0.106. The first-order valence-corrected chi connectivity index (χ1v) is 6.67. The first kappa shape index (κ1) is 11.9. The van der Waals surface area contributed by atoms with Gasteiger partial charge in [-0.2, -0.15) is 0 Å². The molecule has 0 spiro atoms. The SMILES string of the molecule is OCc1nnc(Sc2ncc(Cl)cn2)n1C1CC1. The first-order chi connectivity index (χ1) is 8.78. The van der Waals surface area contributed by atoms with Gasteiger partial charge < -0.3 is 9.67 Å². The van der Waals surface area contributed by atoms with Crippen LogP contribution in [-0.2, 0) is 6.61 Å². The monoisotopic (exact) mass is 283 g/mol. The molecule has 0 radical (unpaired) electrons. The molecular formula is C10H10ClN5OS. The van der Waals surface area contributed by atoms with Crippen LogP contribution in [0.2, 0.25) is 5.02 Å². The number of aliphatic hydroxyl groups excluding tert-OH is 1. The second kappa shape index (κ2) is 4.83. The van der Waals surface area contributed by atoms with Gasteiger partial charge in [0.25, 0.3) is 0 Å². The lowest BCUT2D eigenvalue weighted by Gasteiger charge is -2.05. The van der Waals surface area contributed by atoms with Crippen LogP contribution >= 0.6 is 23.4 Å². The van der Waals surface area contributed by atoms with Crippen molar-refractivity contribution in [2.75, 3.05) is 0 Å². The highest BCUT2D eigenvalue weighted by Crippen LogP contribution is 2.39. The second-order valence-electron chi connectivity index (χ2n) is 3.94. The lowest BCUT2D eigenvalue weighted by molar-refractivity contribution is 0.263. The minimum atomic E-state index is -0.106. The topological polar surface area (TPSA) is 76.7 Å². The van der Waals surface area contributed by atoms with E-state index in [9.17, 15) is 5.11 Å². The lowest BCUT2D eigenvalue weighted by Crippen LogP contribution is -2.03. The van der Waals surface area contributed by atoms with Crippen molar-refractivity contribution in [3.63, 3.8) is 0 Å². The Morgan fingerprint density at radius 3 is 2.67 bits per heavy atom. The number of aromatic nitrogens is 5. The molecule has 8 heteroatoms. The Morgan fingerprint density at radius 1 is 1.33 bits per heavy atom. The number of hydrogen-bond acceptors (Lipinski definition) is 6. The van der Waals surface area contributed by atoms with Gasteiger partial charge in [-0.25, -0.2) is 9.97 Å². The average molecular weight is 284 g/mol. The van der Waals surface area contributed by atoms with E-state index in [0.717, 1.165) is 12.8 Å². The van der Waals surface area contributed by atoms with Crippen molar-refractivity contribution >= 4 is 23.4 Å². The van der Waals surface area contributed by atoms with Gasteiger partial charge in [-0.05, 0) is 24.6 Å². The third-order valence-corrected chi connectivity index (χ3v) is 3.62. The summed E-state index contributed by atoms with van der Waals surface area (Å²) >= 11 is 7.06. The largest absolute Gasteiger partial charge is 0.388 e. The highest BCUT2D eigenvalue weighted by Gasteiger charge is 2.29. The number of hydrogen-bond donors (Lipinski definition) is 1. The van der Waals surface area contributed by atoms with Gasteiger partial charge in [-0.1, -0.05) is 11.6 Å². The maximum absolute atomic E-state index is 9.23. The van der Waals surface area contributed by atoms with Gasteiger partial charge in [0.05, 0.1) is 17.4 Å². The van der Waals surface area contributed by atoms with Gasteiger partial charge in [-0.3, -0.25) is 0 Å². The standard InChI is InChI=1S/C10H10ClN5OS/c11-6-3-12-9(13-4-6)18-10-15-14-8(5-17)16(10)7-1-2-7/h3-4,7,17H,1-2,5H2. The fourth-order valence-corrected chi connectivity index (χ4v) is 2.53. The highest BCUT2D eigenvalue weighted by molar-refractivity contribution is 7.99. The molecule has 0 aromatic carbocycles. The molecule has 2 aromatic rings. The van der Waals surface area contributed by atoms with Crippen molar-refractivity contribution in [1.29, 1.82) is 0 Å². The third-order valence-electron chi connectivity index (χ3n) is 2.57. The minimum Gasteiger partial charge on any atom is -0.388 e. The molecular weight excluding hydrogens is 274 g/mol. The maximum Gasteiger partial charge on any atom is 0.199 e. The molecule has 1 aliphatic carbocycles. The van der Waals surface area contributed by atoms with Crippen molar-refractivity contribution in [2.45, 2.75) is 35.8 Å². The fraction of sp³-hybridized carbons (Fsp3) is 0.400. The Hall–Kier alpha value is -1.18. The second-order valence-corrected chi connectivity index (χ2v) is 5.31. The molecule has 1 fully saturated rings. The van der Waals surface area contributed by atoms with E-state index in [1.807, 2.05) is 4.57 Å². The average Bonchev–Trinajstić information content (AvgIpc) is 3.14. The normalized spacial score (nSPS) is 15.0. The van der Waals surface area contributed by atoms with Crippen LogP contribution in [0.5, 0.6) is 0 Å². The zero-order valence-corrected chi connectivity index (χ0v) is 10.9. The Labute approximate surface area is 112 Å². The summed E-state index contributed by atoms with van der Waals surface area (Å²) in [6.45, 7) is -0.106. The van der Waals surface area contributed by atoms with Crippen molar-refractivity contribution in [3.05, 3.63) is 23.2 Å². The smallest absolute Gasteiger partial charge is 0.199 e. The predicted molar refractivity (Wildman–Crippen MR) is 65.4 cm³/mol. The Morgan fingerprint density at radius 2 is 2.06 bits per heavy atom. The van der Waals surface area contributed by atoms with E-state index in [4.69, 9.17) is 11.6 Å². The van der Waals surface area contributed by atoms with Crippen LogP contribution in [0.3, 0.4) is 0 Å². The predicted octanol–water partition coefficient (Wildman–Crippen LogP) is 1.70. The van der Waals surface area contributed by atoms with Crippen molar-refractivity contribution < 1.29 is 5.11 Å². The molecule has 6 nitrogen and oxygen atoms in total. The molecule has 2 aromatic heterocycles. The van der Waals surface area contributed by atoms with E-state index in [1.165, 1.54) is 11.8 Å². The summed E-state index contributed by atoms with van der Waals surface area (Å²) in [5, 5.41) is 19.0. The van der Waals surface area contributed by atoms with Gasteiger partial charge in [0.1, 0.15) is 6.61 Å². The van der Waals surface area contributed by atoms with Gasteiger partial charge in [-0.15, -0.1) is 10.2 Å². The molecule has 1 aliphatic rings. The zero-order chi connectivity index (χ0) is 12.5. The summed E-state index contributed by atoms with van der Waals surface area (Å²) in [5.41, 5.74) is 0. The molecule has 0 amide bonds. The zero-order valence-electron chi connectivity index (χ0n) is 9.32. The quantitative estimate of drug-likeness (QED) is 0.861. The molecule has 3 rings (SSSR count). The van der Waals surface area contributed by atoms with Crippen LogP contribution in [-0.4, -0.2) is 29.8 Å². The van der Waals surface area contributed by atoms with E-state index < -0.39 is 0 Å². The molecule has 1 N–H and O–H groups in total. The van der Waals surface area contributed by atoms with Crippen LogP contribution in [0.25, 0.3) is 0 Å². The van der Waals surface area contributed by atoms with E-state index in [1.54, 1.807) is 12.4 Å². The molecule has 0 unspecified atom stereocenters. The Balaban J connectivity index is 1.88. The van der Waals surface area contributed by atoms with Crippen LogP contribution in [0.15, 0.2) is 22.7 Å². The number of nitrogens with zero attached hydrogens (tertiary/aromatic N) is 5. The number of halogens is 1. The summed E-state index contributed by atoms with van der Waals surface area (Å²) in [7, 11) is 0. The van der Waals surface area contributed by atoms with Gasteiger partial charge in [0.2, 0.25) is 0 Å². The Kier molecular flexibility index (Phi) is 3.19. The van der Waals surface area contributed by atoms with E-state index in [2.05, 4.69) is 20.2 Å². The van der Waals surface area contributed by atoms with Gasteiger partial charge in [0.15, 0.2) is 16.1 Å². The number of rotatable bonds is 4. The molecule has 0 atom stereocenters. The van der Waals surface area contributed by atoms with Crippen LogP contribution in [0.1, 0.15) is 24.7 Å². The molecule has 0 bridgehead atoms.